The first-order valence-corrected chi connectivity index (χ1v) is 11.5. The van der Waals surface area contributed by atoms with E-state index < -0.39 is 0 Å². The SMILES string of the molecule is C#Cc1cc2c(cc1Sc1nc3c(N)ncnc3n1CCCNC(C)(C)C)OCCN2C. The van der Waals surface area contributed by atoms with Gasteiger partial charge in [0.05, 0.1) is 12.2 Å². The Morgan fingerprint density at radius 3 is 2.88 bits per heavy atom. The summed E-state index contributed by atoms with van der Waals surface area (Å²) in [6, 6.07) is 4.01. The molecule has 0 spiro atoms. The average molecular weight is 452 g/mol. The summed E-state index contributed by atoms with van der Waals surface area (Å²) < 4.78 is 7.98. The van der Waals surface area contributed by atoms with E-state index in [0.29, 0.717) is 17.9 Å². The van der Waals surface area contributed by atoms with Crippen LogP contribution in [0.25, 0.3) is 11.2 Å². The second kappa shape index (κ2) is 8.88. The van der Waals surface area contributed by atoms with Crippen LogP contribution in [-0.2, 0) is 6.54 Å². The predicted molar refractivity (Wildman–Crippen MR) is 129 cm³/mol. The molecule has 3 N–H and O–H groups in total. The Kier molecular flexibility index (Phi) is 6.17. The summed E-state index contributed by atoms with van der Waals surface area (Å²) in [6.45, 7) is 9.58. The highest BCUT2D eigenvalue weighted by Gasteiger charge is 2.21. The number of terminal acetylenes is 1. The fourth-order valence-electron chi connectivity index (χ4n) is 3.59. The van der Waals surface area contributed by atoms with Crippen LogP contribution in [0.2, 0.25) is 0 Å². The van der Waals surface area contributed by atoms with Gasteiger partial charge in [-0.3, -0.25) is 0 Å². The number of aromatic nitrogens is 4. The molecule has 0 unspecified atom stereocenters. The molecule has 2 aromatic heterocycles. The van der Waals surface area contributed by atoms with Crippen molar-refractivity contribution in [2.24, 2.45) is 0 Å². The van der Waals surface area contributed by atoms with Crippen LogP contribution < -0.4 is 20.7 Å². The molecule has 0 fully saturated rings. The van der Waals surface area contributed by atoms with Crippen LogP contribution in [-0.4, -0.2) is 51.8 Å². The first kappa shape index (κ1) is 22.2. The van der Waals surface area contributed by atoms with Crippen LogP contribution in [0, 0.1) is 12.3 Å². The third-order valence-corrected chi connectivity index (χ3v) is 6.30. The largest absolute Gasteiger partial charge is 0.490 e. The van der Waals surface area contributed by atoms with E-state index in [0.717, 1.165) is 58.8 Å². The summed E-state index contributed by atoms with van der Waals surface area (Å²) >= 11 is 1.50. The van der Waals surface area contributed by atoms with Gasteiger partial charge in [0.1, 0.15) is 18.7 Å². The van der Waals surface area contributed by atoms with Crippen molar-refractivity contribution in [3.63, 3.8) is 0 Å². The molecule has 32 heavy (non-hydrogen) atoms. The molecular formula is C23H29N7OS. The molecular weight excluding hydrogens is 422 g/mol. The lowest BCUT2D eigenvalue weighted by molar-refractivity contribution is 0.310. The minimum Gasteiger partial charge on any atom is -0.490 e. The van der Waals surface area contributed by atoms with Gasteiger partial charge in [-0.1, -0.05) is 17.7 Å². The van der Waals surface area contributed by atoms with Gasteiger partial charge in [-0.2, -0.15) is 0 Å². The summed E-state index contributed by atoms with van der Waals surface area (Å²) in [5.41, 5.74) is 9.31. The van der Waals surface area contributed by atoms with Crippen molar-refractivity contribution in [1.29, 1.82) is 0 Å². The number of aryl methyl sites for hydroxylation is 1. The highest BCUT2D eigenvalue weighted by atomic mass is 32.2. The summed E-state index contributed by atoms with van der Waals surface area (Å²) in [7, 11) is 2.04. The standard InChI is InChI=1S/C23H29N7OS/c1-6-15-12-16-17(31-11-10-29(16)5)13-18(15)32-22-28-19-20(24)25-14-26-21(19)30(22)9-7-8-27-23(2,3)4/h1,12-14,27H,7-11H2,2-5H3,(H2,24,25,26). The lowest BCUT2D eigenvalue weighted by Gasteiger charge is -2.28. The van der Waals surface area contributed by atoms with Gasteiger partial charge in [0, 0.05) is 29.6 Å². The zero-order valence-electron chi connectivity index (χ0n) is 19.0. The number of nitrogens with one attached hydrogen (secondary N) is 1. The molecule has 0 amide bonds. The fourth-order valence-corrected chi connectivity index (χ4v) is 4.60. The molecule has 3 aromatic rings. The van der Waals surface area contributed by atoms with E-state index in [-0.39, 0.29) is 5.54 Å². The lowest BCUT2D eigenvalue weighted by atomic mass is 10.1. The molecule has 0 saturated carbocycles. The highest BCUT2D eigenvalue weighted by Crippen LogP contribution is 2.40. The monoisotopic (exact) mass is 451 g/mol. The first-order chi connectivity index (χ1) is 15.3. The topological polar surface area (TPSA) is 94.1 Å². The van der Waals surface area contributed by atoms with Crippen LogP contribution in [0.1, 0.15) is 32.8 Å². The molecule has 1 aromatic carbocycles. The van der Waals surface area contributed by atoms with E-state index in [1.165, 1.54) is 18.1 Å². The van der Waals surface area contributed by atoms with Crippen LogP contribution >= 0.6 is 11.8 Å². The summed E-state index contributed by atoms with van der Waals surface area (Å²) in [6.07, 6.45) is 8.25. The number of anilines is 2. The van der Waals surface area contributed by atoms with Crippen molar-refractivity contribution in [2.45, 2.75) is 49.3 Å². The minimum atomic E-state index is 0.0686. The number of rotatable bonds is 6. The Hall–Kier alpha value is -2.96. The normalized spacial score (nSPS) is 13.7. The summed E-state index contributed by atoms with van der Waals surface area (Å²) in [5, 5.41) is 4.30. The van der Waals surface area contributed by atoms with Gasteiger partial charge in [-0.15, -0.1) is 6.42 Å². The van der Waals surface area contributed by atoms with Gasteiger partial charge < -0.3 is 25.3 Å². The molecule has 8 nitrogen and oxygen atoms in total. The zero-order chi connectivity index (χ0) is 22.9. The van der Waals surface area contributed by atoms with Crippen molar-refractivity contribution >= 4 is 34.4 Å². The third-order valence-electron chi connectivity index (χ3n) is 5.25. The smallest absolute Gasteiger partial charge is 0.175 e. The van der Waals surface area contributed by atoms with Crippen molar-refractivity contribution in [3.8, 4) is 18.1 Å². The molecule has 3 heterocycles. The maximum absolute atomic E-state index is 6.10. The number of likely N-dealkylation sites (N-methyl/N-ethyl adjacent to an activating group) is 1. The number of hydrogen-bond donors (Lipinski definition) is 2. The molecule has 9 heteroatoms. The predicted octanol–water partition coefficient (Wildman–Crippen LogP) is 3.15. The Morgan fingerprint density at radius 1 is 1.31 bits per heavy atom. The third kappa shape index (κ3) is 4.61. The average Bonchev–Trinajstić information content (AvgIpc) is 3.09. The van der Waals surface area contributed by atoms with Crippen LogP contribution in [0.3, 0.4) is 0 Å². The highest BCUT2D eigenvalue weighted by molar-refractivity contribution is 7.99. The van der Waals surface area contributed by atoms with Gasteiger partial charge in [-0.25, -0.2) is 15.0 Å². The quantitative estimate of drug-likeness (QED) is 0.436. The summed E-state index contributed by atoms with van der Waals surface area (Å²) in [4.78, 5) is 16.4. The van der Waals surface area contributed by atoms with Gasteiger partial charge in [0.25, 0.3) is 0 Å². The van der Waals surface area contributed by atoms with E-state index in [2.05, 4.69) is 51.4 Å². The van der Waals surface area contributed by atoms with Crippen molar-refractivity contribution in [1.82, 2.24) is 24.8 Å². The molecule has 1 aliphatic heterocycles. The number of nitrogen functional groups attached to an aromatic ring is 1. The maximum Gasteiger partial charge on any atom is 0.175 e. The van der Waals surface area contributed by atoms with Gasteiger partial charge >= 0.3 is 0 Å². The number of imidazole rings is 1. The van der Waals surface area contributed by atoms with E-state index in [9.17, 15) is 0 Å². The molecule has 1 aliphatic rings. The number of fused-ring (bicyclic) bond motifs is 2. The molecule has 0 atom stereocenters. The Bertz CT molecular complexity index is 1180. The van der Waals surface area contributed by atoms with Gasteiger partial charge in [0.15, 0.2) is 22.1 Å². The number of nitrogens with zero attached hydrogens (tertiary/aromatic N) is 5. The number of hydrogen-bond acceptors (Lipinski definition) is 8. The minimum absolute atomic E-state index is 0.0686. The second-order valence-corrected chi connectivity index (χ2v) is 9.85. The van der Waals surface area contributed by atoms with Crippen molar-refractivity contribution in [2.75, 3.05) is 37.4 Å². The van der Waals surface area contributed by atoms with Crippen LogP contribution in [0.15, 0.2) is 28.5 Å². The Labute approximate surface area is 193 Å². The van der Waals surface area contributed by atoms with Crippen molar-refractivity contribution < 1.29 is 4.74 Å². The van der Waals surface area contributed by atoms with Gasteiger partial charge in [-0.05, 0) is 45.9 Å². The van der Waals surface area contributed by atoms with Crippen molar-refractivity contribution in [3.05, 3.63) is 24.0 Å². The zero-order valence-corrected chi connectivity index (χ0v) is 19.8. The van der Waals surface area contributed by atoms with E-state index in [4.69, 9.17) is 21.9 Å². The number of nitrogens with two attached hydrogens (primary N) is 1. The van der Waals surface area contributed by atoms with E-state index in [1.807, 2.05) is 19.2 Å². The van der Waals surface area contributed by atoms with Crippen LogP contribution in [0.5, 0.6) is 5.75 Å². The first-order valence-electron chi connectivity index (χ1n) is 10.6. The Balaban J connectivity index is 1.68. The van der Waals surface area contributed by atoms with E-state index in [1.54, 1.807) is 0 Å². The second-order valence-electron chi connectivity index (χ2n) is 8.84. The molecule has 0 bridgehead atoms. The molecule has 0 radical (unpaired) electrons. The van der Waals surface area contributed by atoms with Gasteiger partial charge in [0.2, 0.25) is 0 Å². The number of benzene rings is 1. The molecule has 0 aliphatic carbocycles. The van der Waals surface area contributed by atoms with Crippen LogP contribution in [0.4, 0.5) is 11.5 Å². The maximum atomic E-state index is 6.10. The fraction of sp³-hybridized carbons (Fsp3) is 0.435. The van der Waals surface area contributed by atoms with E-state index >= 15 is 0 Å². The number of ether oxygens (including phenoxy) is 1. The molecule has 4 rings (SSSR count). The lowest BCUT2D eigenvalue weighted by Crippen LogP contribution is -2.36. The molecule has 168 valence electrons. The summed E-state index contributed by atoms with van der Waals surface area (Å²) in [5.74, 6) is 4.02. The Morgan fingerprint density at radius 2 is 2.12 bits per heavy atom. The molecule has 0 saturated heterocycles.